The third-order valence-electron chi connectivity index (χ3n) is 6.06. The molecule has 0 spiro atoms. The molecule has 10 heteroatoms. The zero-order valence-corrected chi connectivity index (χ0v) is 17.2. The van der Waals surface area contributed by atoms with Gasteiger partial charge >= 0.3 is 0 Å². The lowest BCUT2D eigenvalue weighted by molar-refractivity contribution is -0.136. The van der Waals surface area contributed by atoms with Crippen molar-refractivity contribution in [2.45, 2.75) is 56.2 Å². The Morgan fingerprint density at radius 1 is 1.21 bits per heavy atom. The standard InChI is InChI=1S/C19H27N3O6S/c1-29(25,26)21-15-8-9-22-16(15)10-27-13-4-2-12(3-5-13)14-6-7-17(23)20-19(14)28-11-18(22)24/h6-7,12-13,15-16,21H,2-5,8-11H2,1H3,(H,20,23)/t12?,13?,15?,16-/m0/s1. The molecule has 1 aromatic heterocycles. The molecule has 1 aromatic rings. The molecule has 4 heterocycles. The summed E-state index contributed by atoms with van der Waals surface area (Å²) < 4.78 is 38.0. The smallest absolute Gasteiger partial charge is 0.260 e. The van der Waals surface area contributed by atoms with Crippen molar-refractivity contribution in [3.63, 3.8) is 0 Å². The number of amides is 1. The molecule has 4 aliphatic rings. The van der Waals surface area contributed by atoms with Crippen molar-refractivity contribution in [1.29, 1.82) is 0 Å². The Hall–Kier alpha value is -1.91. The van der Waals surface area contributed by atoms with Crippen LogP contribution in [-0.4, -0.2) is 73.5 Å². The molecular weight excluding hydrogens is 398 g/mol. The van der Waals surface area contributed by atoms with Gasteiger partial charge in [0.25, 0.3) is 5.91 Å². The minimum Gasteiger partial charge on any atom is -0.493 e. The molecule has 1 saturated heterocycles. The Balaban J connectivity index is 1.61. The van der Waals surface area contributed by atoms with E-state index in [4.69, 9.17) is 9.47 Å². The molecule has 1 unspecified atom stereocenters. The highest BCUT2D eigenvalue weighted by Crippen LogP contribution is 2.39. The lowest BCUT2D eigenvalue weighted by Crippen LogP contribution is -2.50. The van der Waals surface area contributed by atoms with Crippen LogP contribution in [0.25, 0.3) is 0 Å². The highest BCUT2D eigenvalue weighted by Gasteiger charge is 2.40. The van der Waals surface area contributed by atoms with Crippen LogP contribution >= 0.6 is 0 Å². The van der Waals surface area contributed by atoms with Gasteiger partial charge in [-0.25, -0.2) is 13.1 Å². The Morgan fingerprint density at radius 2 is 1.97 bits per heavy atom. The molecule has 29 heavy (non-hydrogen) atoms. The number of fused-ring (bicyclic) bond motifs is 5. The summed E-state index contributed by atoms with van der Waals surface area (Å²) in [6.45, 7) is 0.499. The molecule has 1 amide bonds. The van der Waals surface area contributed by atoms with Crippen LogP contribution in [0.4, 0.5) is 0 Å². The van der Waals surface area contributed by atoms with Crippen molar-refractivity contribution in [3.8, 4) is 11.8 Å². The van der Waals surface area contributed by atoms with Crippen molar-refractivity contribution < 1.29 is 27.8 Å². The average Bonchev–Trinajstić information content (AvgIpc) is 3.05. The van der Waals surface area contributed by atoms with E-state index in [2.05, 4.69) is 9.71 Å². The first-order valence-electron chi connectivity index (χ1n) is 10.0. The number of nitrogens with zero attached hydrogens (tertiary/aromatic N) is 2. The average molecular weight is 426 g/mol. The molecule has 0 radical (unpaired) electrons. The van der Waals surface area contributed by atoms with E-state index in [1.807, 2.05) is 6.07 Å². The number of carbonyl (C=O) groups is 1. The third kappa shape index (κ3) is 4.65. The number of sulfonamides is 1. The second kappa shape index (κ2) is 8.08. The summed E-state index contributed by atoms with van der Waals surface area (Å²) in [6, 6.07) is 2.60. The fraction of sp³-hybridized carbons (Fsp3) is 0.684. The van der Waals surface area contributed by atoms with Gasteiger partial charge in [-0.3, -0.25) is 4.79 Å². The minimum absolute atomic E-state index is 0.0814. The largest absolute Gasteiger partial charge is 0.493 e. The minimum atomic E-state index is -3.40. The van der Waals surface area contributed by atoms with E-state index >= 15 is 0 Å². The topological polar surface area (TPSA) is 118 Å². The van der Waals surface area contributed by atoms with Gasteiger partial charge in [-0.15, -0.1) is 0 Å². The van der Waals surface area contributed by atoms with Crippen molar-refractivity contribution >= 4 is 15.9 Å². The Kier molecular flexibility index (Phi) is 5.67. The highest BCUT2D eigenvalue weighted by molar-refractivity contribution is 7.88. The third-order valence-corrected chi connectivity index (χ3v) is 6.79. The van der Waals surface area contributed by atoms with Gasteiger partial charge < -0.3 is 19.5 Å². The fourth-order valence-corrected chi connectivity index (χ4v) is 5.46. The normalized spacial score (nSPS) is 30.5. The number of nitrogens with one attached hydrogen (secondary N) is 1. The lowest BCUT2D eigenvalue weighted by atomic mass is 9.83. The number of hydrogen-bond acceptors (Lipinski definition) is 7. The fourth-order valence-electron chi connectivity index (χ4n) is 4.64. The van der Waals surface area contributed by atoms with E-state index in [-0.39, 0.29) is 42.5 Å². The van der Waals surface area contributed by atoms with Crippen LogP contribution in [0.5, 0.6) is 11.8 Å². The number of hydrogen-bond donors (Lipinski definition) is 2. The molecule has 5 rings (SSSR count). The second-order valence-corrected chi connectivity index (χ2v) is 9.88. The van der Waals surface area contributed by atoms with Crippen LogP contribution in [-0.2, 0) is 19.6 Å². The van der Waals surface area contributed by atoms with Crippen molar-refractivity contribution in [3.05, 3.63) is 17.7 Å². The zero-order chi connectivity index (χ0) is 20.6. The first kappa shape index (κ1) is 20.4. The first-order chi connectivity index (χ1) is 13.8. The van der Waals surface area contributed by atoms with Gasteiger partial charge in [-0.2, -0.15) is 4.98 Å². The van der Waals surface area contributed by atoms with Crippen molar-refractivity contribution in [2.75, 3.05) is 26.0 Å². The molecule has 2 fully saturated rings. The van der Waals surface area contributed by atoms with Gasteiger partial charge in [-0.1, -0.05) is 0 Å². The maximum absolute atomic E-state index is 12.9. The summed E-state index contributed by atoms with van der Waals surface area (Å²) in [5.41, 5.74) is 0.905. The highest BCUT2D eigenvalue weighted by atomic mass is 32.2. The molecule has 2 bridgehead atoms. The van der Waals surface area contributed by atoms with Crippen LogP contribution in [0.15, 0.2) is 12.1 Å². The molecule has 3 aliphatic heterocycles. The maximum Gasteiger partial charge on any atom is 0.260 e. The van der Waals surface area contributed by atoms with Gasteiger partial charge in [0.05, 0.1) is 25.0 Å². The lowest BCUT2D eigenvalue weighted by Gasteiger charge is -2.32. The second-order valence-electron chi connectivity index (χ2n) is 8.10. The molecule has 2 atom stereocenters. The van der Waals surface area contributed by atoms with Gasteiger partial charge in [0, 0.05) is 24.2 Å². The van der Waals surface area contributed by atoms with Crippen LogP contribution < -0.4 is 9.46 Å². The van der Waals surface area contributed by atoms with Crippen LogP contribution in [0.3, 0.4) is 0 Å². The van der Waals surface area contributed by atoms with Gasteiger partial charge in [0.2, 0.25) is 21.8 Å². The van der Waals surface area contributed by atoms with Gasteiger partial charge in [-0.05, 0) is 44.1 Å². The monoisotopic (exact) mass is 425 g/mol. The summed E-state index contributed by atoms with van der Waals surface area (Å²) in [6.07, 6.45) is 5.28. The maximum atomic E-state index is 12.9. The number of carbonyl (C=O) groups excluding carboxylic acids is 1. The predicted molar refractivity (Wildman–Crippen MR) is 104 cm³/mol. The molecule has 1 saturated carbocycles. The van der Waals surface area contributed by atoms with Crippen LogP contribution in [0, 0.1) is 0 Å². The quantitative estimate of drug-likeness (QED) is 0.717. The van der Waals surface area contributed by atoms with E-state index in [1.54, 1.807) is 11.0 Å². The van der Waals surface area contributed by atoms with E-state index in [0.717, 1.165) is 37.5 Å². The van der Waals surface area contributed by atoms with Crippen molar-refractivity contribution in [1.82, 2.24) is 14.6 Å². The molecule has 1 aliphatic carbocycles. The zero-order valence-electron chi connectivity index (χ0n) is 16.4. The van der Waals surface area contributed by atoms with Gasteiger partial charge in [0.1, 0.15) is 0 Å². The number of ether oxygens (including phenoxy) is 2. The Labute approximate surface area is 170 Å². The number of rotatable bonds is 2. The van der Waals surface area contributed by atoms with Crippen molar-refractivity contribution in [2.24, 2.45) is 0 Å². The van der Waals surface area contributed by atoms with E-state index in [0.29, 0.717) is 25.5 Å². The Morgan fingerprint density at radius 3 is 2.69 bits per heavy atom. The number of aromatic nitrogens is 1. The number of pyridine rings is 1. The summed E-state index contributed by atoms with van der Waals surface area (Å²) in [7, 11) is -3.40. The van der Waals surface area contributed by atoms with Crippen LogP contribution in [0.1, 0.15) is 43.6 Å². The Bertz CT molecular complexity index is 869. The first-order valence-corrected chi connectivity index (χ1v) is 11.9. The summed E-state index contributed by atoms with van der Waals surface area (Å²) in [5.74, 6) is 0.143. The van der Waals surface area contributed by atoms with E-state index in [9.17, 15) is 18.3 Å². The summed E-state index contributed by atoms with van der Waals surface area (Å²) in [4.78, 5) is 18.6. The summed E-state index contributed by atoms with van der Waals surface area (Å²) >= 11 is 0. The number of aromatic hydroxyl groups is 1. The van der Waals surface area contributed by atoms with Crippen LogP contribution in [0.2, 0.25) is 0 Å². The summed E-state index contributed by atoms with van der Waals surface area (Å²) in [5, 5.41) is 9.78. The SMILES string of the molecule is CS(=O)(=O)NC1CCN2C(=O)COc3nc(O)ccc3C3CCC(CC3)OC[C@@H]12. The predicted octanol–water partition coefficient (Wildman–Crippen LogP) is 0.741. The van der Waals surface area contributed by atoms with E-state index < -0.39 is 10.0 Å². The van der Waals surface area contributed by atoms with Gasteiger partial charge in [0.15, 0.2) is 6.61 Å². The van der Waals surface area contributed by atoms with E-state index in [1.165, 1.54) is 0 Å². The molecule has 9 nitrogen and oxygen atoms in total. The molecule has 0 aromatic carbocycles. The molecule has 160 valence electrons. The molecular formula is C19H27N3O6S. The molecule has 2 N–H and O–H groups in total.